The van der Waals surface area contributed by atoms with Crippen LogP contribution < -0.4 is 14.4 Å². The number of ether oxygens (including phenoxy) is 2. The highest BCUT2D eigenvalue weighted by Gasteiger charge is 2.30. The van der Waals surface area contributed by atoms with Crippen molar-refractivity contribution >= 4 is 5.69 Å². The van der Waals surface area contributed by atoms with Gasteiger partial charge in [-0.15, -0.1) is 0 Å². The predicted molar refractivity (Wildman–Crippen MR) is 109 cm³/mol. The number of piperidine rings is 1. The Morgan fingerprint density at radius 1 is 1.04 bits per heavy atom. The van der Waals surface area contributed by atoms with Gasteiger partial charge in [0.15, 0.2) is 11.5 Å². The van der Waals surface area contributed by atoms with Gasteiger partial charge in [0, 0.05) is 38.9 Å². The third kappa shape index (κ3) is 3.58. The van der Waals surface area contributed by atoms with Crippen LogP contribution in [0, 0.1) is 5.92 Å². The number of rotatable bonds is 4. The summed E-state index contributed by atoms with van der Waals surface area (Å²) in [6, 6.07) is 7.06. The first-order valence-electron chi connectivity index (χ1n) is 10.6. The van der Waals surface area contributed by atoms with Crippen molar-refractivity contribution in [2.24, 2.45) is 13.0 Å². The molecule has 2 saturated heterocycles. The highest BCUT2D eigenvalue weighted by Crippen LogP contribution is 2.39. The molecule has 5 rings (SSSR count). The maximum absolute atomic E-state index is 5.81. The standard InChI is InChI=1S/C22H30N4O2/c1-24-16-19(14-23-24)25-9-6-17(7-10-25)15-26-8-2-3-20(26)18-4-5-21-22(13-18)28-12-11-27-21/h4-5,13-14,16-17,20H,2-3,6-12,15H2,1H3. The Balaban J connectivity index is 1.21. The van der Waals surface area contributed by atoms with Crippen molar-refractivity contribution < 1.29 is 9.47 Å². The van der Waals surface area contributed by atoms with Crippen LogP contribution in [0.2, 0.25) is 0 Å². The molecule has 4 heterocycles. The van der Waals surface area contributed by atoms with Gasteiger partial charge in [-0.2, -0.15) is 5.10 Å². The molecule has 0 spiro atoms. The van der Waals surface area contributed by atoms with E-state index in [1.54, 1.807) is 0 Å². The third-order valence-electron chi connectivity index (χ3n) is 6.48. The van der Waals surface area contributed by atoms with E-state index in [9.17, 15) is 0 Å². The van der Waals surface area contributed by atoms with Gasteiger partial charge in [0.25, 0.3) is 0 Å². The largest absolute Gasteiger partial charge is 0.486 e. The molecule has 150 valence electrons. The van der Waals surface area contributed by atoms with Gasteiger partial charge in [-0.3, -0.25) is 9.58 Å². The van der Waals surface area contributed by atoms with Crippen molar-refractivity contribution in [3.05, 3.63) is 36.2 Å². The van der Waals surface area contributed by atoms with Crippen LogP contribution in [0.3, 0.4) is 0 Å². The zero-order valence-electron chi connectivity index (χ0n) is 16.7. The zero-order valence-corrected chi connectivity index (χ0v) is 16.7. The van der Waals surface area contributed by atoms with Crippen molar-refractivity contribution in [2.75, 3.05) is 44.3 Å². The highest BCUT2D eigenvalue weighted by atomic mass is 16.6. The van der Waals surface area contributed by atoms with Gasteiger partial charge >= 0.3 is 0 Å². The second-order valence-corrected chi connectivity index (χ2v) is 8.36. The smallest absolute Gasteiger partial charge is 0.161 e. The monoisotopic (exact) mass is 382 g/mol. The van der Waals surface area contributed by atoms with Crippen molar-refractivity contribution in [3.63, 3.8) is 0 Å². The Morgan fingerprint density at radius 2 is 1.86 bits per heavy atom. The van der Waals surface area contributed by atoms with E-state index in [1.807, 2.05) is 17.9 Å². The lowest BCUT2D eigenvalue weighted by molar-refractivity contribution is 0.169. The van der Waals surface area contributed by atoms with E-state index in [0.717, 1.165) is 30.5 Å². The SMILES string of the molecule is Cn1cc(N2CCC(CN3CCCC3c3ccc4c(c3)OCCO4)CC2)cn1. The Kier molecular flexibility index (Phi) is 4.89. The van der Waals surface area contributed by atoms with Crippen LogP contribution in [0.5, 0.6) is 11.5 Å². The van der Waals surface area contributed by atoms with E-state index in [0.29, 0.717) is 19.3 Å². The van der Waals surface area contributed by atoms with Gasteiger partial charge in [0.1, 0.15) is 13.2 Å². The summed E-state index contributed by atoms with van der Waals surface area (Å²) in [5, 5.41) is 4.32. The minimum absolute atomic E-state index is 0.521. The molecule has 0 N–H and O–H groups in total. The fourth-order valence-electron chi connectivity index (χ4n) is 4.97. The topological polar surface area (TPSA) is 42.8 Å². The number of hydrogen-bond donors (Lipinski definition) is 0. The van der Waals surface area contributed by atoms with Gasteiger partial charge < -0.3 is 14.4 Å². The normalized spacial score (nSPS) is 23.3. The van der Waals surface area contributed by atoms with Gasteiger partial charge in [0.2, 0.25) is 0 Å². The van der Waals surface area contributed by atoms with E-state index in [1.165, 1.54) is 50.0 Å². The molecular formula is C22H30N4O2. The minimum atomic E-state index is 0.521. The number of nitrogens with zero attached hydrogens (tertiary/aromatic N) is 4. The van der Waals surface area contributed by atoms with E-state index < -0.39 is 0 Å². The summed E-state index contributed by atoms with van der Waals surface area (Å²) in [4.78, 5) is 5.18. The van der Waals surface area contributed by atoms with Crippen LogP contribution in [0.4, 0.5) is 5.69 Å². The van der Waals surface area contributed by atoms with Crippen LogP contribution >= 0.6 is 0 Å². The molecule has 0 radical (unpaired) electrons. The lowest BCUT2D eigenvalue weighted by atomic mass is 9.95. The maximum atomic E-state index is 5.81. The number of fused-ring (bicyclic) bond motifs is 1. The summed E-state index contributed by atoms with van der Waals surface area (Å²) >= 11 is 0. The molecule has 2 aromatic rings. The van der Waals surface area contributed by atoms with Gasteiger partial charge in [0.05, 0.1) is 11.9 Å². The molecule has 28 heavy (non-hydrogen) atoms. The molecule has 1 unspecified atom stereocenters. The summed E-state index contributed by atoms with van der Waals surface area (Å²) in [5.41, 5.74) is 2.64. The van der Waals surface area contributed by atoms with E-state index in [4.69, 9.17) is 9.47 Å². The molecule has 1 aromatic carbocycles. The van der Waals surface area contributed by atoms with E-state index in [2.05, 4.69) is 39.3 Å². The molecule has 6 heteroatoms. The molecule has 0 saturated carbocycles. The second-order valence-electron chi connectivity index (χ2n) is 8.36. The van der Waals surface area contributed by atoms with E-state index in [-0.39, 0.29) is 0 Å². The van der Waals surface area contributed by atoms with Crippen LogP contribution in [0.25, 0.3) is 0 Å². The van der Waals surface area contributed by atoms with Gasteiger partial charge in [-0.25, -0.2) is 0 Å². The molecule has 3 aliphatic rings. The van der Waals surface area contributed by atoms with Crippen molar-refractivity contribution in [3.8, 4) is 11.5 Å². The van der Waals surface area contributed by atoms with Crippen molar-refractivity contribution in [1.82, 2.24) is 14.7 Å². The Hall–Kier alpha value is -2.21. The highest BCUT2D eigenvalue weighted by molar-refractivity contribution is 5.45. The summed E-state index contributed by atoms with van der Waals surface area (Å²) in [6.07, 6.45) is 9.16. The molecule has 0 bridgehead atoms. The van der Waals surface area contributed by atoms with Crippen LogP contribution in [-0.2, 0) is 7.05 Å². The summed E-state index contributed by atoms with van der Waals surface area (Å²) < 4.78 is 13.4. The van der Waals surface area contributed by atoms with Crippen LogP contribution in [-0.4, -0.2) is 54.1 Å². The average molecular weight is 383 g/mol. The predicted octanol–water partition coefficient (Wildman–Crippen LogP) is 3.24. The fourth-order valence-corrected chi connectivity index (χ4v) is 4.97. The number of benzene rings is 1. The second kappa shape index (κ2) is 7.66. The quantitative estimate of drug-likeness (QED) is 0.812. The van der Waals surface area contributed by atoms with Gasteiger partial charge in [-0.05, 0) is 55.8 Å². The summed E-state index contributed by atoms with van der Waals surface area (Å²) in [5.74, 6) is 2.59. The molecule has 1 atom stereocenters. The number of aromatic nitrogens is 2. The van der Waals surface area contributed by atoms with Crippen molar-refractivity contribution in [1.29, 1.82) is 0 Å². The molecule has 0 amide bonds. The lowest BCUT2D eigenvalue weighted by Crippen LogP contribution is -2.38. The Bertz CT molecular complexity index is 813. The molecule has 0 aliphatic carbocycles. The number of anilines is 1. The van der Waals surface area contributed by atoms with E-state index >= 15 is 0 Å². The molecule has 1 aromatic heterocycles. The third-order valence-corrected chi connectivity index (χ3v) is 6.48. The molecule has 2 fully saturated rings. The summed E-state index contributed by atoms with van der Waals surface area (Å²) in [6.45, 7) is 6.00. The van der Waals surface area contributed by atoms with Gasteiger partial charge in [-0.1, -0.05) is 6.07 Å². The first kappa shape index (κ1) is 17.9. The maximum Gasteiger partial charge on any atom is 0.161 e. The first-order valence-corrected chi connectivity index (χ1v) is 10.6. The molecule has 6 nitrogen and oxygen atoms in total. The average Bonchev–Trinajstić information content (AvgIpc) is 3.37. The summed E-state index contributed by atoms with van der Waals surface area (Å²) in [7, 11) is 1.99. The first-order chi connectivity index (χ1) is 13.8. The van der Waals surface area contributed by atoms with Crippen LogP contribution in [0.15, 0.2) is 30.6 Å². The van der Waals surface area contributed by atoms with Crippen molar-refractivity contribution in [2.45, 2.75) is 31.7 Å². The zero-order chi connectivity index (χ0) is 18.9. The lowest BCUT2D eigenvalue weighted by Gasteiger charge is -2.36. The fraction of sp³-hybridized carbons (Fsp3) is 0.591. The molecule has 3 aliphatic heterocycles. The van der Waals surface area contributed by atoms with Crippen LogP contribution in [0.1, 0.15) is 37.3 Å². The number of aryl methyl sites for hydroxylation is 1. The Morgan fingerprint density at radius 3 is 2.64 bits per heavy atom. The minimum Gasteiger partial charge on any atom is -0.486 e. The number of hydrogen-bond acceptors (Lipinski definition) is 5. The Labute approximate surface area is 167 Å². The molecular weight excluding hydrogens is 352 g/mol. The number of likely N-dealkylation sites (tertiary alicyclic amines) is 1.